The molecule has 10 heteroatoms. The first kappa shape index (κ1) is 19.3. The van der Waals surface area contributed by atoms with E-state index in [0.717, 1.165) is 6.07 Å². The molecule has 0 spiro atoms. The molecule has 0 aliphatic carbocycles. The molecule has 2 aromatic carbocycles. The fourth-order valence-electron chi connectivity index (χ4n) is 3.15. The Labute approximate surface area is 169 Å². The van der Waals surface area contributed by atoms with Gasteiger partial charge in [0.2, 0.25) is 6.79 Å². The summed E-state index contributed by atoms with van der Waals surface area (Å²) in [5.74, 6) is -2.59. The molecule has 1 saturated heterocycles. The Morgan fingerprint density at radius 3 is 2.86 bits per heavy atom. The maximum Gasteiger partial charge on any atom is 0.410 e. The molecule has 0 radical (unpaired) electrons. The molecule has 2 N–H and O–H groups in total. The normalized spacial score (nSPS) is 20.1. The van der Waals surface area contributed by atoms with Crippen LogP contribution in [0.1, 0.15) is 12.0 Å². The lowest BCUT2D eigenvalue weighted by molar-refractivity contribution is -0.175. The van der Waals surface area contributed by atoms with E-state index in [1.807, 2.05) is 0 Å². The summed E-state index contributed by atoms with van der Waals surface area (Å²) in [4.78, 5) is 26.0. The van der Waals surface area contributed by atoms with Gasteiger partial charge in [-0.1, -0.05) is 11.6 Å². The molecule has 29 heavy (non-hydrogen) atoms. The van der Waals surface area contributed by atoms with Crippen molar-refractivity contribution < 1.29 is 33.3 Å². The number of nitrogens with zero attached hydrogens (tertiary/aromatic N) is 1. The lowest BCUT2D eigenvalue weighted by Gasteiger charge is -2.22. The molecular formula is C19H16ClFN2O6. The van der Waals surface area contributed by atoms with Crippen LogP contribution in [0.15, 0.2) is 36.4 Å². The minimum atomic E-state index is -2.31. The molecule has 0 bridgehead atoms. The van der Waals surface area contributed by atoms with Crippen molar-refractivity contribution in [3.05, 3.63) is 52.8 Å². The van der Waals surface area contributed by atoms with Gasteiger partial charge in [0.1, 0.15) is 5.82 Å². The first-order valence-corrected chi connectivity index (χ1v) is 9.08. The second-order valence-corrected chi connectivity index (χ2v) is 6.99. The second-order valence-electron chi connectivity index (χ2n) is 6.55. The number of fused-ring (bicyclic) bond motifs is 1. The molecule has 1 fully saturated rings. The molecule has 2 aliphatic rings. The number of alkyl carbamates (subject to hydrolysis) is 1. The average Bonchev–Trinajstić information content (AvgIpc) is 3.24. The molecule has 0 aromatic heterocycles. The van der Waals surface area contributed by atoms with Crippen LogP contribution in [0.2, 0.25) is 5.02 Å². The Balaban J connectivity index is 1.39. The van der Waals surface area contributed by atoms with Crippen molar-refractivity contribution >= 4 is 29.3 Å². The number of hydrogen-bond donors (Lipinski definition) is 2. The number of anilines is 1. The Kier molecular flexibility index (Phi) is 4.93. The van der Waals surface area contributed by atoms with E-state index in [4.69, 9.17) is 25.8 Å². The zero-order valence-corrected chi connectivity index (χ0v) is 15.7. The Morgan fingerprint density at radius 1 is 1.28 bits per heavy atom. The van der Waals surface area contributed by atoms with Crippen LogP contribution in [0.25, 0.3) is 0 Å². The largest absolute Gasteiger partial charge is 0.454 e. The summed E-state index contributed by atoms with van der Waals surface area (Å²) in [6.07, 6.45) is -1.13. The van der Waals surface area contributed by atoms with E-state index in [2.05, 4.69) is 5.32 Å². The summed E-state index contributed by atoms with van der Waals surface area (Å²) >= 11 is 5.76. The Hall–Kier alpha value is -3.04. The van der Waals surface area contributed by atoms with Crippen molar-refractivity contribution in [2.75, 3.05) is 18.2 Å². The monoisotopic (exact) mass is 422 g/mol. The Bertz CT molecular complexity index is 967. The highest BCUT2D eigenvalue weighted by molar-refractivity contribution is 6.30. The lowest BCUT2D eigenvalue weighted by Crippen LogP contribution is -2.46. The summed E-state index contributed by atoms with van der Waals surface area (Å²) in [6, 6.07) is 8.71. The van der Waals surface area contributed by atoms with Gasteiger partial charge in [-0.15, -0.1) is 0 Å². The number of ether oxygens (including phenoxy) is 3. The third-order valence-corrected chi connectivity index (χ3v) is 4.76. The van der Waals surface area contributed by atoms with Gasteiger partial charge in [0, 0.05) is 36.3 Å². The quantitative estimate of drug-likeness (QED) is 0.735. The average molecular weight is 423 g/mol. The first-order chi connectivity index (χ1) is 13.8. The van der Waals surface area contributed by atoms with E-state index in [0.29, 0.717) is 22.7 Å². The molecule has 0 saturated carbocycles. The van der Waals surface area contributed by atoms with Gasteiger partial charge in [0.05, 0.1) is 0 Å². The van der Waals surface area contributed by atoms with Crippen molar-refractivity contribution in [2.24, 2.45) is 0 Å². The van der Waals surface area contributed by atoms with Crippen LogP contribution in [-0.2, 0) is 16.1 Å². The van der Waals surface area contributed by atoms with E-state index in [9.17, 15) is 19.1 Å². The van der Waals surface area contributed by atoms with Crippen LogP contribution >= 0.6 is 11.6 Å². The molecule has 2 aliphatic heterocycles. The SMILES string of the molecule is O=C(NCc1cc(F)cc(Cl)c1)O[C@]1(O)CCN(c2ccc3c(c2)OCO3)C1=O. The van der Waals surface area contributed by atoms with Crippen LogP contribution < -0.4 is 19.7 Å². The molecule has 152 valence electrons. The van der Waals surface area contributed by atoms with Crippen molar-refractivity contribution in [1.29, 1.82) is 0 Å². The predicted octanol–water partition coefficient (Wildman–Crippen LogP) is 2.56. The molecule has 1 atom stereocenters. The van der Waals surface area contributed by atoms with Crippen molar-refractivity contribution in [2.45, 2.75) is 18.8 Å². The smallest absolute Gasteiger partial charge is 0.410 e. The van der Waals surface area contributed by atoms with E-state index in [1.165, 1.54) is 17.0 Å². The zero-order valence-electron chi connectivity index (χ0n) is 15.0. The van der Waals surface area contributed by atoms with Crippen LogP contribution in [0.4, 0.5) is 14.9 Å². The van der Waals surface area contributed by atoms with Crippen LogP contribution in [0, 0.1) is 5.82 Å². The third kappa shape index (κ3) is 3.92. The predicted molar refractivity (Wildman–Crippen MR) is 99.2 cm³/mol. The topological polar surface area (TPSA) is 97.3 Å². The molecule has 4 rings (SSSR count). The molecule has 2 aromatic rings. The molecule has 2 amide bonds. The van der Waals surface area contributed by atoms with E-state index < -0.39 is 23.6 Å². The van der Waals surface area contributed by atoms with Crippen molar-refractivity contribution in [1.82, 2.24) is 5.32 Å². The lowest BCUT2D eigenvalue weighted by atomic mass is 10.2. The highest BCUT2D eigenvalue weighted by Gasteiger charge is 2.49. The number of halogens is 2. The second kappa shape index (κ2) is 7.41. The van der Waals surface area contributed by atoms with Crippen molar-refractivity contribution in [3.63, 3.8) is 0 Å². The van der Waals surface area contributed by atoms with E-state index in [-0.39, 0.29) is 31.3 Å². The van der Waals surface area contributed by atoms with Gasteiger partial charge in [-0.05, 0) is 35.9 Å². The Morgan fingerprint density at radius 2 is 2.07 bits per heavy atom. The van der Waals surface area contributed by atoms with Gasteiger partial charge in [-0.3, -0.25) is 4.79 Å². The summed E-state index contributed by atoms with van der Waals surface area (Å²) < 4.78 is 28.8. The van der Waals surface area contributed by atoms with Crippen LogP contribution in [0.5, 0.6) is 11.5 Å². The van der Waals surface area contributed by atoms with Crippen molar-refractivity contribution in [3.8, 4) is 11.5 Å². The molecular weight excluding hydrogens is 407 g/mol. The minimum absolute atomic E-state index is 0.0908. The molecule has 0 unspecified atom stereocenters. The third-order valence-electron chi connectivity index (χ3n) is 4.54. The number of amides is 2. The number of carbonyl (C=O) groups excluding carboxylic acids is 2. The van der Waals surface area contributed by atoms with Gasteiger partial charge < -0.3 is 29.5 Å². The van der Waals surface area contributed by atoms with Crippen LogP contribution in [0.3, 0.4) is 0 Å². The highest BCUT2D eigenvalue weighted by atomic mass is 35.5. The number of hydrogen-bond acceptors (Lipinski definition) is 6. The summed E-state index contributed by atoms with van der Waals surface area (Å²) in [7, 11) is 0. The summed E-state index contributed by atoms with van der Waals surface area (Å²) in [6.45, 7) is 0.144. The fourth-order valence-corrected chi connectivity index (χ4v) is 3.40. The summed E-state index contributed by atoms with van der Waals surface area (Å²) in [5.41, 5.74) is 0.882. The maximum absolute atomic E-state index is 13.3. The maximum atomic E-state index is 13.3. The van der Waals surface area contributed by atoms with Gasteiger partial charge in [-0.25, -0.2) is 9.18 Å². The van der Waals surface area contributed by atoms with Gasteiger partial charge in [-0.2, -0.15) is 0 Å². The number of nitrogens with one attached hydrogen (secondary N) is 1. The molecule has 2 heterocycles. The van der Waals surface area contributed by atoms with Gasteiger partial charge >= 0.3 is 6.09 Å². The zero-order chi connectivity index (χ0) is 20.6. The standard InChI is InChI=1S/C19H16ClFN2O6/c20-12-5-11(6-13(21)7-12)9-22-18(25)29-19(26)3-4-23(17(19)24)14-1-2-15-16(8-14)28-10-27-15/h1-2,5-8,26H,3-4,9-10H2,(H,22,25)/t19-/m1/s1. The highest BCUT2D eigenvalue weighted by Crippen LogP contribution is 2.38. The van der Waals surface area contributed by atoms with Gasteiger partial charge in [0.25, 0.3) is 11.7 Å². The number of carbonyl (C=O) groups is 2. The fraction of sp³-hybridized carbons (Fsp3) is 0.263. The summed E-state index contributed by atoms with van der Waals surface area (Å²) in [5, 5.41) is 13.1. The minimum Gasteiger partial charge on any atom is -0.454 e. The molecule has 8 nitrogen and oxygen atoms in total. The van der Waals surface area contributed by atoms with Gasteiger partial charge in [0.15, 0.2) is 11.5 Å². The number of aliphatic hydroxyl groups is 1. The first-order valence-electron chi connectivity index (χ1n) is 8.70. The van der Waals surface area contributed by atoms with E-state index >= 15 is 0 Å². The van der Waals surface area contributed by atoms with Crippen LogP contribution in [-0.4, -0.2) is 36.2 Å². The van der Waals surface area contributed by atoms with E-state index in [1.54, 1.807) is 18.2 Å². The number of rotatable bonds is 4. The number of benzene rings is 2.